The average molecular weight is 402 g/mol. The molecule has 0 spiro atoms. The predicted octanol–water partition coefficient (Wildman–Crippen LogP) is 4.48. The number of rotatable bonds is 4. The zero-order valence-electron chi connectivity index (χ0n) is 14.0. The Labute approximate surface area is 155 Å². The number of nitrogens with one attached hydrogen (secondary N) is 1. The van der Waals surface area contributed by atoms with Crippen LogP contribution in [-0.2, 0) is 10.2 Å². The molecule has 1 N–H and O–H groups in total. The van der Waals surface area contributed by atoms with Crippen molar-refractivity contribution < 1.29 is 14.3 Å². The maximum Gasteiger partial charge on any atom is 0.231 e. The lowest BCUT2D eigenvalue weighted by molar-refractivity contribution is -0.130. The molecule has 0 aromatic heterocycles. The summed E-state index contributed by atoms with van der Waals surface area (Å²) in [4.78, 5) is 13.1. The van der Waals surface area contributed by atoms with Gasteiger partial charge in [0.15, 0.2) is 11.5 Å². The lowest BCUT2D eigenvalue weighted by atomic mass is 9.63. The van der Waals surface area contributed by atoms with Crippen molar-refractivity contribution in [1.29, 1.82) is 0 Å². The average Bonchev–Trinajstić information content (AvgIpc) is 3.03. The lowest BCUT2D eigenvalue weighted by Crippen LogP contribution is -2.49. The molecular formula is C20H20BrNO3. The molecule has 2 aromatic carbocycles. The Morgan fingerprint density at radius 3 is 2.52 bits per heavy atom. The van der Waals surface area contributed by atoms with E-state index in [9.17, 15) is 4.79 Å². The predicted molar refractivity (Wildman–Crippen MR) is 98.8 cm³/mol. The summed E-state index contributed by atoms with van der Waals surface area (Å²) < 4.78 is 11.8. The highest BCUT2D eigenvalue weighted by Crippen LogP contribution is 2.44. The molecule has 25 heavy (non-hydrogen) atoms. The zero-order valence-corrected chi connectivity index (χ0v) is 15.6. The zero-order chi connectivity index (χ0) is 17.4. The van der Waals surface area contributed by atoms with Crippen LogP contribution in [0.4, 0.5) is 0 Å². The third-order valence-corrected chi connectivity index (χ3v) is 5.81. The highest BCUT2D eigenvalue weighted by Gasteiger charge is 2.45. The molecule has 0 bridgehead atoms. The largest absolute Gasteiger partial charge is 0.454 e. The summed E-state index contributed by atoms with van der Waals surface area (Å²) in [6.07, 6.45) is 2.88. The van der Waals surface area contributed by atoms with Crippen LogP contribution in [0.2, 0.25) is 0 Å². The van der Waals surface area contributed by atoms with Gasteiger partial charge >= 0.3 is 0 Å². The molecule has 4 nitrogen and oxygen atoms in total. The minimum absolute atomic E-state index is 0.0880. The number of carbonyl (C=O) groups excluding carboxylic acids is 1. The summed E-state index contributed by atoms with van der Waals surface area (Å²) >= 11 is 3.46. The molecule has 0 radical (unpaired) electrons. The van der Waals surface area contributed by atoms with Crippen molar-refractivity contribution in [2.24, 2.45) is 0 Å². The number of benzene rings is 2. The fourth-order valence-electron chi connectivity index (χ4n) is 3.55. The van der Waals surface area contributed by atoms with Gasteiger partial charge in [-0.25, -0.2) is 0 Å². The van der Waals surface area contributed by atoms with Gasteiger partial charge in [0.2, 0.25) is 12.7 Å². The summed E-state index contributed by atoms with van der Waals surface area (Å²) in [6.45, 7) is 2.26. The monoisotopic (exact) mass is 401 g/mol. The molecule has 1 heterocycles. The van der Waals surface area contributed by atoms with Crippen molar-refractivity contribution in [2.45, 2.75) is 37.6 Å². The van der Waals surface area contributed by atoms with Crippen LogP contribution in [-0.4, -0.2) is 12.7 Å². The molecule has 4 rings (SSSR count). The molecular weight excluding hydrogens is 382 g/mol. The summed E-state index contributed by atoms with van der Waals surface area (Å²) in [5.74, 6) is 1.60. The molecule has 1 fully saturated rings. The van der Waals surface area contributed by atoms with Gasteiger partial charge in [0.05, 0.1) is 11.5 Å². The normalized spacial score (nSPS) is 18.3. The van der Waals surface area contributed by atoms with Crippen molar-refractivity contribution in [1.82, 2.24) is 5.32 Å². The fourth-order valence-corrected chi connectivity index (χ4v) is 3.81. The van der Waals surface area contributed by atoms with E-state index in [1.165, 1.54) is 0 Å². The van der Waals surface area contributed by atoms with E-state index in [2.05, 4.69) is 21.2 Å². The van der Waals surface area contributed by atoms with Gasteiger partial charge in [0.1, 0.15) is 0 Å². The van der Waals surface area contributed by atoms with E-state index in [4.69, 9.17) is 9.47 Å². The van der Waals surface area contributed by atoms with E-state index in [0.29, 0.717) is 0 Å². The Kier molecular flexibility index (Phi) is 4.20. The van der Waals surface area contributed by atoms with Gasteiger partial charge in [-0.15, -0.1) is 0 Å². The summed E-state index contributed by atoms with van der Waals surface area (Å²) in [5.41, 5.74) is 1.71. The van der Waals surface area contributed by atoms with Crippen LogP contribution in [0.5, 0.6) is 11.5 Å². The molecule has 2 aliphatic rings. The number of carbonyl (C=O) groups is 1. The molecule has 1 amide bonds. The summed E-state index contributed by atoms with van der Waals surface area (Å²) in [5, 5.41) is 3.20. The topological polar surface area (TPSA) is 47.6 Å². The highest BCUT2D eigenvalue weighted by atomic mass is 79.9. The van der Waals surface area contributed by atoms with E-state index in [1.54, 1.807) is 0 Å². The lowest BCUT2D eigenvalue weighted by Gasteiger charge is -2.41. The Hall–Kier alpha value is -2.01. The Morgan fingerprint density at radius 2 is 1.84 bits per heavy atom. The van der Waals surface area contributed by atoms with Crippen LogP contribution >= 0.6 is 15.9 Å². The van der Waals surface area contributed by atoms with Crippen LogP contribution < -0.4 is 14.8 Å². The fraction of sp³-hybridized carbons (Fsp3) is 0.350. The SMILES string of the molecule is CC(NC(=O)C1(c2ccc(Br)cc2)CCC1)c1ccc2c(c1)OCO2. The molecule has 1 saturated carbocycles. The van der Waals surface area contributed by atoms with Gasteiger partial charge in [0.25, 0.3) is 0 Å². The van der Waals surface area contributed by atoms with Crippen LogP contribution in [0, 0.1) is 0 Å². The van der Waals surface area contributed by atoms with Crippen LogP contribution in [0.3, 0.4) is 0 Å². The van der Waals surface area contributed by atoms with Crippen molar-refractivity contribution in [3.8, 4) is 11.5 Å². The second-order valence-electron chi connectivity index (χ2n) is 6.75. The molecule has 1 atom stereocenters. The van der Waals surface area contributed by atoms with Crippen molar-refractivity contribution >= 4 is 21.8 Å². The third kappa shape index (κ3) is 2.91. The quantitative estimate of drug-likeness (QED) is 0.821. The smallest absolute Gasteiger partial charge is 0.231 e. The number of hydrogen-bond acceptors (Lipinski definition) is 3. The number of halogens is 1. The van der Waals surface area contributed by atoms with E-state index in [1.807, 2.05) is 49.4 Å². The molecule has 5 heteroatoms. The molecule has 1 aliphatic carbocycles. The second-order valence-corrected chi connectivity index (χ2v) is 7.67. The van der Waals surface area contributed by atoms with E-state index in [-0.39, 0.29) is 18.7 Å². The first kappa shape index (κ1) is 16.5. The van der Waals surface area contributed by atoms with E-state index >= 15 is 0 Å². The minimum Gasteiger partial charge on any atom is -0.454 e. The maximum absolute atomic E-state index is 13.1. The molecule has 0 saturated heterocycles. The molecule has 2 aromatic rings. The van der Waals surface area contributed by atoms with Gasteiger partial charge in [-0.1, -0.05) is 40.5 Å². The Morgan fingerprint density at radius 1 is 1.12 bits per heavy atom. The number of ether oxygens (including phenoxy) is 2. The van der Waals surface area contributed by atoms with Crippen molar-refractivity contribution in [3.05, 3.63) is 58.1 Å². The number of hydrogen-bond donors (Lipinski definition) is 1. The van der Waals surface area contributed by atoms with E-state index < -0.39 is 5.41 Å². The van der Waals surface area contributed by atoms with Crippen molar-refractivity contribution in [2.75, 3.05) is 6.79 Å². The molecule has 1 aliphatic heterocycles. The maximum atomic E-state index is 13.1. The Bertz CT molecular complexity index is 799. The van der Waals surface area contributed by atoms with Gasteiger partial charge in [0, 0.05) is 4.47 Å². The first-order valence-electron chi connectivity index (χ1n) is 8.55. The van der Waals surface area contributed by atoms with Gasteiger partial charge in [-0.3, -0.25) is 4.79 Å². The van der Waals surface area contributed by atoms with Crippen LogP contribution in [0.1, 0.15) is 43.4 Å². The van der Waals surface area contributed by atoms with Crippen LogP contribution in [0.25, 0.3) is 0 Å². The molecule has 130 valence electrons. The summed E-state index contributed by atoms with van der Waals surface area (Å²) in [6, 6.07) is 13.8. The molecule has 1 unspecified atom stereocenters. The van der Waals surface area contributed by atoms with Gasteiger partial charge < -0.3 is 14.8 Å². The Balaban J connectivity index is 1.53. The standard InChI is InChI=1S/C20H20BrNO3/c1-13(14-3-8-17-18(11-14)25-12-24-17)22-19(23)20(9-2-10-20)15-4-6-16(21)7-5-15/h3-8,11,13H,2,9-10,12H2,1H3,(H,22,23). The van der Waals surface area contributed by atoms with Crippen molar-refractivity contribution in [3.63, 3.8) is 0 Å². The minimum atomic E-state index is -0.398. The van der Waals surface area contributed by atoms with Crippen LogP contribution in [0.15, 0.2) is 46.9 Å². The third-order valence-electron chi connectivity index (χ3n) is 5.28. The first-order chi connectivity index (χ1) is 12.1. The second kappa shape index (κ2) is 6.37. The number of fused-ring (bicyclic) bond motifs is 1. The number of amides is 1. The highest BCUT2D eigenvalue weighted by molar-refractivity contribution is 9.10. The first-order valence-corrected chi connectivity index (χ1v) is 9.34. The van der Waals surface area contributed by atoms with Gasteiger partial charge in [-0.2, -0.15) is 0 Å². The van der Waals surface area contributed by atoms with Gasteiger partial charge in [-0.05, 0) is 55.2 Å². The van der Waals surface area contributed by atoms with E-state index in [0.717, 1.165) is 46.4 Å². The summed E-state index contributed by atoms with van der Waals surface area (Å²) in [7, 11) is 0.